The van der Waals surface area contributed by atoms with Crippen LogP contribution in [0.3, 0.4) is 0 Å². The van der Waals surface area contributed by atoms with E-state index in [2.05, 4.69) is 0 Å². The molecule has 8 heteroatoms. The maximum atomic E-state index is 10.4. The van der Waals surface area contributed by atoms with Gasteiger partial charge in [-0.15, -0.1) is 0 Å². The normalized spacial score (nSPS) is 10.4. The average molecular weight is 258 g/mol. The predicted molar refractivity (Wildman–Crippen MR) is 52.1 cm³/mol. The summed E-state index contributed by atoms with van der Waals surface area (Å²) in [7, 11) is 0. The third-order valence-corrected chi connectivity index (χ3v) is 2.09. The average Bonchev–Trinajstić information content (AvgIpc) is 2.11. The quantitative estimate of drug-likeness (QED) is 0.342. The summed E-state index contributed by atoms with van der Waals surface area (Å²) in [5, 5.41) is 35.1. The first kappa shape index (κ1) is 18.7. The molecule has 0 heterocycles. The molecule has 0 atom stereocenters. The van der Waals surface area contributed by atoms with Crippen LogP contribution in [0.2, 0.25) is 0 Å². The number of aliphatic hydroxyl groups is 1. The van der Waals surface area contributed by atoms with Crippen LogP contribution >= 0.6 is 0 Å². The maximum absolute atomic E-state index is 10.4. The second-order valence-electron chi connectivity index (χ2n) is 3.58. The summed E-state index contributed by atoms with van der Waals surface area (Å²) in [4.78, 5) is 31.0. The topological polar surface area (TPSA) is 132 Å². The molecule has 94 valence electrons. The van der Waals surface area contributed by atoms with Crippen LogP contribution in [-0.4, -0.2) is 43.9 Å². The fourth-order valence-electron chi connectivity index (χ4n) is 1.26. The van der Waals surface area contributed by atoms with Crippen molar-refractivity contribution in [2.24, 2.45) is 0 Å². The van der Waals surface area contributed by atoms with E-state index >= 15 is 0 Å². The second-order valence-corrected chi connectivity index (χ2v) is 3.58. The van der Waals surface area contributed by atoms with Gasteiger partial charge in [0.25, 0.3) is 0 Å². The van der Waals surface area contributed by atoms with Crippen molar-refractivity contribution in [3.63, 3.8) is 0 Å². The Morgan fingerprint density at radius 1 is 0.882 bits per heavy atom. The fourth-order valence-corrected chi connectivity index (χ4v) is 1.26. The Kier molecular flexibility index (Phi) is 9.32. The first-order chi connectivity index (χ1) is 7.25. The smallest absolute Gasteiger partial charge is 1.00 e. The van der Waals surface area contributed by atoms with E-state index in [-0.39, 0.29) is 43.8 Å². The number of carboxylic acid groups (broad SMARTS) is 3. The van der Waals surface area contributed by atoms with E-state index in [9.17, 15) is 19.5 Å². The van der Waals surface area contributed by atoms with Crippen LogP contribution < -0.4 is 29.6 Å². The van der Waals surface area contributed by atoms with Crippen molar-refractivity contribution >= 4 is 17.9 Å². The summed E-state index contributed by atoms with van der Waals surface area (Å²) in [6, 6.07) is 0. The molecule has 4 N–H and O–H groups in total. The van der Waals surface area contributed by atoms with E-state index in [1.807, 2.05) is 0 Å². The van der Waals surface area contributed by atoms with Gasteiger partial charge in [0.1, 0.15) is 0 Å². The molecular formula is C9H15NaO7. The Balaban J connectivity index is -0.00000112. The minimum Gasteiger partial charge on any atom is -1.00 e. The summed E-state index contributed by atoms with van der Waals surface area (Å²) in [6.45, 7) is 0. The Morgan fingerprint density at radius 3 is 1.47 bits per heavy atom. The van der Waals surface area contributed by atoms with Gasteiger partial charge in [0.05, 0.1) is 12.0 Å². The Bertz CT molecular complexity index is 277. The Morgan fingerprint density at radius 2 is 1.24 bits per heavy atom. The molecule has 0 aliphatic rings. The SMILES string of the molecule is O=C(O)CCC(O)(CCC(=O)O)CC(=O)O.[H-].[Na+]. The van der Waals surface area contributed by atoms with E-state index in [4.69, 9.17) is 15.3 Å². The molecule has 0 bridgehead atoms. The van der Waals surface area contributed by atoms with Crippen molar-refractivity contribution in [1.82, 2.24) is 0 Å². The van der Waals surface area contributed by atoms with Crippen molar-refractivity contribution in [2.45, 2.75) is 37.7 Å². The van der Waals surface area contributed by atoms with Crippen LogP contribution in [0.1, 0.15) is 33.5 Å². The van der Waals surface area contributed by atoms with Crippen LogP contribution in [0, 0.1) is 0 Å². The van der Waals surface area contributed by atoms with Crippen molar-refractivity contribution in [1.29, 1.82) is 0 Å². The molecule has 17 heavy (non-hydrogen) atoms. The number of rotatable bonds is 8. The molecule has 0 amide bonds. The Hall–Kier alpha value is -0.630. The number of hydrogen-bond donors (Lipinski definition) is 4. The number of carbonyl (C=O) groups is 3. The van der Waals surface area contributed by atoms with Gasteiger partial charge in [0, 0.05) is 12.8 Å². The van der Waals surface area contributed by atoms with E-state index < -0.39 is 42.8 Å². The molecule has 0 unspecified atom stereocenters. The summed E-state index contributed by atoms with van der Waals surface area (Å²) in [5.74, 6) is -3.63. The molecular weight excluding hydrogens is 243 g/mol. The van der Waals surface area contributed by atoms with Gasteiger partial charge in [-0.1, -0.05) is 0 Å². The first-order valence-electron chi connectivity index (χ1n) is 4.63. The number of hydrogen-bond acceptors (Lipinski definition) is 4. The van der Waals surface area contributed by atoms with Gasteiger partial charge < -0.3 is 21.9 Å². The largest absolute Gasteiger partial charge is 1.00 e. The molecule has 0 aliphatic carbocycles. The van der Waals surface area contributed by atoms with Crippen molar-refractivity contribution in [2.75, 3.05) is 0 Å². The van der Waals surface area contributed by atoms with Gasteiger partial charge in [0.15, 0.2) is 0 Å². The molecule has 0 aromatic heterocycles. The summed E-state index contributed by atoms with van der Waals surface area (Å²) in [5.41, 5.74) is -1.78. The van der Waals surface area contributed by atoms with E-state index in [0.29, 0.717) is 0 Å². The molecule has 0 fully saturated rings. The molecule has 0 spiro atoms. The summed E-state index contributed by atoms with van der Waals surface area (Å²) >= 11 is 0. The van der Waals surface area contributed by atoms with Crippen LogP contribution in [0.4, 0.5) is 0 Å². The molecule has 0 aromatic carbocycles. The van der Waals surface area contributed by atoms with Gasteiger partial charge in [-0.3, -0.25) is 14.4 Å². The van der Waals surface area contributed by atoms with Crippen molar-refractivity contribution in [3.8, 4) is 0 Å². The standard InChI is InChI=1S/C9H14O7.Na.H/c10-6(11)1-3-9(16,5-8(14)15)4-2-7(12)13;;/h16H,1-5H2,(H,10,11)(H,12,13)(H,14,15);;/q;+1;-1. The van der Waals surface area contributed by atoms with Gasteiger partial charge >= 0.3 is 47.5 Å². The van der Waals surface area contributed by atoms with Crippen LogP contribution in [0.15, 0.2) is 0 Å². The second kappa shape index (κ2) is 8.46. The van der Waals surface area contributed by atoms with Gasteiger partial charge in [-0.05, 0) is 12.8 Å². The minimum absolute atomic E-state index is 0. The van der Waals surface area contributed by atoms with Gasteiger partial charge in [-0.2, -0.15) is 0 Å². The monoisotopic (exact) mass is 258 g/mol. The summed E-state index contributed by atoms with van der Waals surface area (Å²) in [6.07, 6.45) is -2.01. The maximum Gasteiger partial charge on any atom is 1.00 e. The van der Waals surface area contributed by atoms with Gasteiger partial charge in [0.2, 0.25) is 0 Å². The third-order valence-electron chi connectivity index (χ3n) is 2.09. The number of aliphatic carboxylic acids is 3. The van der Waals surface area contributed by atoms with Crippen LogP contribution in [0.5, 0.6) is 0 Å². The summed E-state index contributed by atoms with van der Waals surface area (Å²) < 4.78 is 0. The molecule has 0 aliphatic heterocycles. The van der Waals surface area contributed by atoms with E-state index in [0.717, 1.165) is 0 Å². The van der Waals surface area contributed by atoms with Crippen molar-refractivity contribution in [3.05, 3.63) is 0 Å². The molecule has 0 saturated carbocycles. The zero-order valence-corrected chi connectivity index (χ0v) is 11.5. The third kappa shape index (κ3) is 10.3. The molecule has 0 rings (SSSR count). The molecule has 0 radical (unpaired) electrons. The van der Waals surface area contributed by atoms with Crippen molar-refractivity contribution < 1.29 is 65.8 Å². The van der Waals surface area contributed by atoms with Crippen LogP contribution in [-0.2, 0) is 14.4 Å². The molecule has 0 saturated heterocycles. The van der Waals surface area contributed by atoms with E-state index in [1.54, 1.807) is 0 Å². The van der Waals surface area contributed by atoms with Gasteiger partial charge in [-0.25, -0.2) is 0 Å². The predicted octanol–water partition coefficient (Wildman–Crippen LogP) is -2.96. The number of carboxylic acids is 3. The first-order valence-corrected chi connectivity index (χ1v) is 4.63. The fraction of sp³-hybridized carbons (Fsp3) is 0.667. The Labute approximate surface area is 121 Å². The van der Waals surface area contributed by atoms with Crippen LogP contribution in [0.25, 0.3) is 0 Å². The van der Waals surface area contributed by atoms with E-state index in [1.165, 1.54) is 0 Å². The minimum atomic E-state index is -1.78. The molecule has 7 nitrogen and oxygen atoms in total. The zero-order chi connectivity index (χ0) is 12.8. The molecule has 0 aromatic rings. The zero-order valence-electron chi connectivity index (χ0n) is 10.5.